The van der Waals surface area contributed by atoms with Crippen LogP contribution in [0.25, 0.3) is 0 Å². The van der Waals surface area contributed by atoms with Crippen molar-refractivity contribution in [2.45, 2.75) is 158 Å². The van der Waals surface area contributed by atoms with Crippen LogP contribution >= 0.6 is 0 Å². The maximum Gasteiger partial charge on any atom is 0.0786 e. The number of hydrogen-bond acceptors (Lipinski definition) is 6. The van der Waals surface area contributed by atoms with Gasteiger partial charge >= 0.3 is 0 Å². The molecule has 42 heavy (non-hydrogen) atoms. The van der Waals surface area contributed by atoms with Gasteiger partial charge in [0.15, 0.2) is 0 Å². The Bertz CT molecular complexity index is 436. The monoisotopic (exact) mass is 609 g/mol. The zero-order valence-corrected chi connectivity index (χ0v) is 29.2. The van der Waals surface area contributed by atoms with E-state index in [1.807, 2.05) is 0 Å². The molecule has 0 aliphatic rings. The van der Waals surface area contributed by atoms with Crippen LogP contribution in [0.2, 0.25) is 0 Å². The van der Waals surface area contributed by atoms with Gasteiger partial charge in [-0.3, -0.25) is 0 Å². The lowest BCUT2D eigenvalue weighted by Gasteiger charge is -2.39. The van der Waals surface area contributed by atoms with Gasteiger partial charge in [0.2, 0.25) is 0 Å². The summed E-state index contributed by atoms with van der Waals surface area (Å²) < 4.78 is 2.84. The molecule has 0 aromatic rings. The molecule has 0 saturated carbocycles. The molecule has 0 N–H and O–H groups in total. The molecule has 0 radical (unpaired) electrons. The highest BCUT2D eigenvalue weighted by Crippen LogP contribution is 2.17. The summed E-state index contributed by atoms with van der Waals surface area (Å²) in [6.07, 6.45) is 22.1. The molecular formula is C32H72N4O6. The Morgan fingerprint density at radius 3 is 0.500 bits per heavy atom. The largest absolute Gasteiger partial charge is 0.356 e. The van der Waals surface area contributed by atoms with Crippen molar-refractivity contribution in [3.8, 4) is 0 Å². The van der Waals surface area contributed by atoms with Crippen LogP contribution in [0.4, 0.5) is 0 Å². The quantitative estimate of drug-likeness (QED) is 0.0608. The van der Waals surface area contributed by atoms with Gasteiger partial charge in [-0.05, 0) is 51.4 Å². The molecule has 256 valence electrons. The second-order valence-electron chi connectivity index (χ2n) is 11.7. The van der Waals surface area contributed by atoms with Crippen LogP contribution in [-0.2, 0) is 0 Å². The highest BCUT2D eigenvalue weighted by Gasteiger charge is 2.25. The minimum absolute atomic E-state index is 1.35. The lowest BCUT2D eigenvalue weighted by atomic mass is 10.1. The van der Waals surface area contributed by atoms with Crippen LogP contribution in [0, 0.1) is 30.6 Å². The average Bonchev–Trinajstić information content (AvgIpc) is 2.95. The maximum absolute atomic E-state index is 8.25. The summed E-state index contributed by atoms with van der Waals surface area (Å²) in [5, 5.41) is 29.5. The highest BCUT2D eigenvalue weighted by atomic mass is 16.9. The molecule has 0 aromatic carbocycles. The standard InChI is InChI=1S/2C16H36N.2NO3/c2*1-5-9-13-17(14-10-6-2,15-11-7-3)16-12-8-4;2*2-1(3)4/h2*5-16H2,1-4H3;;/q2*+1;2*-1. The zero-order chi connectivity index (χ0) is 33.1. The molecule has 0 aliphatic heterocycles. The second kappa shape index (κ2) is 35.5. The summed E-state index contributed by atoms with van der Waals surface area (Å²) >= 11 is 0. The van der Waals surface area contributed by atoms with Crippen LogP contribution in [0.3, 0.4) is 0 Å². The van der Waals surface area contributed by atoms with E-state index in [-0.39, 0.29) is 0 Å². The van der Waals surface area contributed by atoms with Crippen molar-refractivity contribution < 1.29 is 19.1 Å². The Kier molecular flexibility index (Phi) is 40.0. The summed E-state index contributed by atoms with van der Waals surface area (Å²) in [4.78, 5) is 16.5. The Hall–Kier alpha value is -1.68. The van der Waals surface area contributed by atoms with Gasteiger partial charge in [-0.2, -0.15) is 0 Å². The van der Waals surface area contributed by atoms with E-state index in [1.165, 1.54) is 164 Å². The molecule has 0 bridgehead atoms. The fourth-order valence-corrected chi connectivity index (χ4v) is 5.29. The van der Waals surface area contributed by atoms with Crippen molar-refractivity contribution in [2.75, 3.05) is 52.4 Å². The van der Waals surface area contributed by atoms with E-state index < -0.39 is 10.2 Å². The fraction of sp³-hybridized carbons (Fsp3) is 1.00. The second-order valence-corrected chi connectivity index (χ2v) is 11.7. The molecular weight excluding hydrogens is 536 g/mol. The van der Waals surface area contributed by atoms with Gasteiger partial charge < -0.3 is 39.6 Å². The smallest absolute Gasteiger partial charge is 0.0786 e. The van der Waals surface area contributed by atoms with Gasteiger partial charge in [-0.15, -0.1) is 0 Å². The van der Waals surface area contributed by atoms with E-state index in [0.29, 0.717) is 0 Å². The van der Waals surface area contributed by atoms with E-state index in [9.17, 15) is 0 Å². The van der Waals surface area contributed by atoms with E-state index in [1.54, 1.807) is 0 Å². The van der Waals surface area contributed by atoms with Crippen LogP contribution in [-0.4, -0.2) is 71.5 Å². The molecule has 0 atom stereocenters. The molecule has 10 heteroatoms. The number of unbranched alkanes of at least 4 members (excludes halogenated alkanes) is 8. The topological polar surface area (TPSA) is 132 Å². The van der Waals surface area contributed by atoms with E-state index in [4.69, 9.17) is 30.6 Å². The number of nitrogens with zero attached hydrogens (tertiary/aromatic N) is 4. The lowest BCUT2D eigenvalue weighted by molar-refractivity contribution is -0.929. The van der Waals surface area contributed by atoms with Crippen molar-refractivity contribution in [2.24, 2.45) is 0 Å². The van der Waals surface area contributed by atoms with Gasteiger partial charge in [-0.25, -0.2) is 0 Å². The van der Waals surface area contributed by atoms with Crippen molar-refractivity contribution in [3.05, 3.63) is 30.6 Å². The SMILES string of the molecule is CCCC[N+](CCCC)(CCCC)CCCC.CCCC[N+](CCCC)(CCCC)CCCC.O=[N+]([O-])[O-].O=[N+]([O-])[O-]. The third-order valence-electron chi connectivity index (χ3n) is 7.89. The third-order valence-corrected chi connectivity index (χ3v) is 7.89. The normalized spacial score (nSPS) is 10.9. The van der Waals surface area contributed by atoms with Crippen LogP contribution in [0.5, 0.6) is 0 Å². The lowest BCUT2D eigenvalue weighted by Crippen LogP contribution is -2.50. The Balaban J connectivity index is -0.000000273. The molecule has 0 aromatic heterocycles. The Morgan fingerprint density at radius 1 is 0.333 bits per heavy atom. The fourth-order valence-electron chi connectivity index (χ4n) is 5.29. The molecule has 0 amide bonds. The third kappa shape index (κ3) is 36.3. The molecule has 0 unspecified atom stereocenters. The van der Waals surface area contributed by atoms with Crippen molar-refractivity contribution in [1.82, 2.24) is 0 Å². The number of quaternary nitrogens is 2. The molecule has 0 rings (SSSR count). The van der Waals surface area contributed by atoms with Crippen LogP contribution < -0.4 is 0 Å². The van der Waals surface area contributed by atoms with E-state index in [2.05, 4.69) is 55.4 Å². The maximum atomic E-state index is 8.25. The number of rotatable bonds is 24. The summed E-state index contributed by atoms with van der Waals surface area (Å²) in [5.74, 6) is 0. The van der Waals surface area contributed by atoms with Gasteiger partial charge in [0.1, 0.15) is 0 Å². The Morgan fingerprint density at radius 2 is 0.429 bits per heavy atom. The van der Waals surface area contributed by atoms with Crippen molar-refractivity contribution in [1.29, 1.82) is 0 Å². The predicted molar refractivity (Wildman–Crippen MR) is 179 cm³/mol. The molecule has 0 saturated heterocycles. The summed E-state index contributed by atoms with van der Waals surface area (Å²) in [5.41, 5.74) is 0. The van der Waals surface area contributed by atoms with Crippen LogP contribution in [0.1, 0.15) is 158 Å². The van der Waals surface area contributed by atoms with Crippen molar-refractivity contribution in [3.63, 3.8) is 0 Å². The van der Waals surface area contributed by atoms with Crippen molar-refractivity contribution >= 4 is 0 Å². The molecule has 0 heterocycles. The summed E-state index contributed by atoms with van der Waals surface area (Å²) in [6, 6.07) is 0. The molecule has 0 aliphatic carbocycles. The van der Waals surface area contributed by atoms with Gasteiger partial charge in [0, 0.05) is 0 Å². The first-order valence-electron chi connectivity index (χ1n) is 17.3. The van der Waals surface area contributed by atoms with Gasteiger partial charge in [-0.1, -0.05) is 107 Å². The molecule has 10 nitrogen and oxygen atoms in total. The van der Waals surface area contributed by atoms with Gasteiger partial charge in [0.05, 0.1) is 62.5 Å². The van der Waals surface area contributed by atoms with E-state index >= 15 is 0 Å². The van der Waals surface area contributed by atoms with Gasteiger partial charge in [0.25, 0.3) is 0 Å². The zero-order valence-electron chi connectivity index (χ0n) is 29.2. The molecule has 0 spiro atoms. The first-order valence-corrected chi connectivity index (χ1v) is 17.3. The molecule has 0 fully saturated rings. The predicted octanol–water partition coefficient (Wildman–Crippen LogP) is 9.53. The highest BCUT2D eigenvalue weighted by molar-refractivity contribution is 4.50. The first kappa shape index (κ1) is 47.3. The number of hydrogen-bond donors (Lipinski definition) is 0. The average molecular weight is 609 g/mol. The van der Waals surface area contributed by atoms with Crippen LogP contribution in [0.15, 0.2) is 0 Å². The summed E-state index contributed by atoms with van der Waals surface area (Å²) in [6.45, 7) is 30.0. The first-order chi connectivity index (χ1) is 19.9. The minimum Gasteiger partial charge on any atom is -0.356 e. The summed E-state index contributed by atoms with van der Waals surface area (Å²) in [7, 11) is 0. The Labute approximate surface area is 260 Å². The minimum atomic E-state index is -1.75. The van der Waals surface area contributed by atoms with E-state index in [0.717, 1.165) is 0 Å².